The molecule has 0 atom stereocenters. The summed E-state index contributed by atoms with van der Waals surface area (Å²) in [5, 5.41) is 8.82. The Kier molecular flexibility index (Phi) is 7.75. The van der Waals surface area contributed by atoms with Gasteiger partial charge in [-0.3, -0.25) is 0 Å². The molecule has 0 aliphatic heterocycles. The van der Waals surface area contributed by atoms with Crippen molar-refractivity contribution in [2.75, 3.05) is 0 Å². The van der Waals surface area contributed by atoms with Gasteiger partial charge in [0.25, 0.3) is 0 Å². The summed E-state index contributed by atoms with van der Waals surface area (Å²) >= 11 is 0. The standard InChI is InChI=1S/C17H16O3.Sr.2H/c1-13(17(18)19)11-14-7-9-16(10-8-14)20-12-15-5-3-2-4-6-15;;;/h2-11H,12H2,1H3,(H,18,19);;;/q;+2;2*-1. The smallest absolute Gasteiger partial charge is 1.00 e. The van der Waals surface area contributed by atoms with Crippen LogP contribution in [0.25, 0.3) is 6.08 Å². The molecule has 0 aromatic heterocycles. The maximum Gasteiger partial charge on any atom is 2.00 e. The maximum atomic E-state index is 10.7. The Hall–Kier alpha value is -1.07. The predicted octanol–water partition coefficient (Wildman–Crippen LogP) is 3.60. The van der Waals surface area contributed by atoms with Gasteiger partial charge in [-0.25, -0.2) is 4.79 Å². The van der Waals surface area contributed by atoms with E-state index in [2.05, 4.69) is 0 Å². The van der Waals surface area contributed by atoms with E-state index in [1.54, 1.807) is 13.0 Å². The summed E-state index contributed by atoms with van der Waals surface area (Å²) in [5.41, 5.74) is 2.26. The summed E-state index contributed by atoms with van der Waals surface area (Å²) < 4.78 is 5.66. The quantitative estimate of drug-likeness (QED) is 0.657. The molecule has 0 bridgehead atoms. The summed E-state index contributed by atoms with van der Waals surface area (Å²) in [6.45, 7) is 2.09. The molecule has 0 spiro atoms. The van der Waals surface area contributed by atoms with Crippen molar-refractivity contribution in [2.45, 2.75) is 13.5 Å². The third-order valence-electron chi connectivity index (χ3n) is 2.85. The molecule has 21 heavy (non-hydrogen) atoms. The third kappa shape index (κ3) is 6.06. The van der Waals surface area contributed by atoms with Crippen molar-refractivity contribution in [1.82, 2.24) is 0 Å². The van der Waals surface area contributed by atoms with Crippen LogP contribution in [-0.2, 0) is 11.4 Å². The molecule has 0 radical (unpaired) electrons. The Morgan fingerprint density at radius 1 is 1.14 bits per heavy atom. The Bertz CT molecular complexity index is 613. The van der Waals surface area contributed by atoms with Crippen LogP contribution in [0, 0.1) is 0 Å². The van der Waals surface area contributed by atoms with Gasteiger partial charge in [0, 0.05) is 5.57 Å². The Morgan fingerprint density at radius 3 is 2.33 bits per heavy atom. The summed E-state index contributed by atoms with van der Waals surface area (Å²) in [6, 6.07) is 17.3. The van der Waals surface area contributed by atoms with Gasteiger partial charge < -0.3 is 12.7 Å². The zero-order valence-electron chi connectivity index (χ0n) is 14.0. The molecule has 2 aromatic rings. The number of carbonyl (C=O) groups is 1. The predicted molar refractivity (Wildman–Crippen MR) is 86.5 cm³/mol. The van der Waals surface area contributed by atoms with Crippen LogP contribution in [0.4, 0.5) is 0 Å². The molecule has 0 heterocycles. The van der Waals surface area contributed by atoms with Crippen molar-refractivity contribution in [3.63, 3.8) is 0 Å². The molecule has 0 aliphatic carbocycles. The number of carboxylic acid groups (broad SMARTS) is 1. The number of carboxylic acids is 1. The van der Waals surface area contributed by atoms with Crippen molar-refractivity contribution >= 4 is 57.5 Å². The van der Waals surface area contributed by atoms with Gasteiger partial charge in [-0.2, -0.15) is 0 Å². The summed E-state index contributed by atoms with van der Waals surface area (Å²) in [7, 11) is 0. The fraction of sp³-hybridized carbons (Fsp3) is 0.118. The van der Waals surface area contributed by atoms with Gasteiger partial charge in [0.05, 0.1) is 0 Å². The van der Waals surface area contributed by atoms with Crippen molar-refractivity contribution in [3.05, 3.63) is 71.3 Å². The Morgan fingerprint density at radius 2 is 1.76 bits per heavy atom. The van der Waals surface area contributed by atoms with Crippen molar-refractivity contribution in [3.8, 4) is 5.75 Å². The van der Waals surface area contributed by atoms with E-state index in [1.165, 1.54) is 0 Å². The molecule has 3 nitrogen and oxygen atoms in total. The summed E-state index contributed by atoms with van der Waals surface area (Å²) in [4.78, 5) is 10.7. The molecule has 0 fully saturated rings. The Labute approximate surface area is 164 Å². The van der Waals surface area contributed by atoms with Crippen molar-refractivity contribution in [2.24, 2.45) is 0 Å². The molecule has 4 heteroatoms. The number of hydrogen-bond donors (Lipinski definition) is 1. The monoisotopic (exact) mass is 358 g/mol. The van der Waals surface area contributed by atoms with Crippen LogP contribution in [0.2, 0.25) is 0 Å². The van der Waals surface area contributed by atoms with Gasteiger partial charge in [-0.1, -0.05) is 42.5 Å². The van der Waals surface area contributed by atoms with Gasteiger partial charge >= 0.3 is 51.5 Å². The minimum absolute atomic E-state index is 0. The van der Waals surface area contributed by atoms with E-state index < -0.39 is 5.97 Å². The number of aliphatic carboxylic acids is 1. The summed E-state index contributed by atoms with van der Waals surface area (Å²) in [5.74, 6) is -0.145. The SMILES string of the molecule is CC(=Cc1ccc(OCc2ccccc2)cc1)C(=O)O.[H-].[H-].[Sr+2]. The molecule has 0 unspecified atom stereocenters. The van der Waals surface area contributed by atoms with Gasteiger partial charge in [-0.05, 0) is 36.3 Å². The molecule has 106 valence electrons. The van der Waals surface area contributed by atoms with E-state index in [9.17, 15) is 4.79 Å². The zero-order valence-corrected chi connectivity index (χ0v) is 15.4. The second kappa shape index (κ2) is 9.05. The first-order chi connectivity index (χ1) is 9.65. The largest absolute Gasteiger partial charge is 2.00 e. The normalized spacial score (nSPS) is 10.6. The first-order valence-corrected chi connectivity index (χ1v) is 6.33. The number of rotatable bonds is 5. The van der Waals surface area contributed by atoms with Gasteiger partial charge in [0.1, 0.15) is 12.4 Å². The van der Waals surface area contributed by atoms with Crippen LogP contribution >= 0.6 is 0 Å². The molecule has 2 aromatic carbocycles. The third-order valence-corrected chi connectivity index (χ3v) is 2.85. The second-order valence-corrected chi connectivity index (χ2v) is 4.48. The molecule has 1 N–H and O–H groups in total. The molecule has 2 rings (SSSR count). The van der Waals surface area contributed by atoms with E-state index in [-0.39, 0.29) is 48.3 Å². The van der Waals surface area contributed by atoms with Crippen LogP contribution in [0.1, 0.15) is 20.9 Å². The fourth-order valence-corrected chi connectivity index (χ4v) is 1.71. The molecule has 0 amide bonds. The van der Waals surface area contributed by atoms with Gasteiger partial charge in [0.15, 0.2) is 0 Å². The fourth-order valence-electron chi connectivity index (χ4n) is 1.71. The second-order valence-electron chi connectivity index (χ2n) is 4.48. The molecule has 0 aliphatic rings. The first kappa shape index (κ1) is 18.0. The van der Waals surface area contributed by atoms with E-state index >= 15 is 0 Å². The minimum atomic E-state index is -0.908. The van der Waals surface area contributed by atoms with Crippen molar-refractivity contribution in [1.29, 1.82) is 0 Å². The zero-order chi connectivity index (χ0) is 14.4. The van der Waals surface area contributed by atoms with Crippen LogP contribution in [0.15, 0.2) is 60.2 Å². The van der Waals surface area contributed by atoms with E-state index in [4.69, 9.17) is 9.84 Å². The topological polar surface area (TPSA) is 46.5 Å². The van der Waals surface area contributed by atoms with Crippen LogP contribution < -0.4 is 4.74 Å². The Balaban J connectivity index is 0. The van der Waals surface area contributed by atoms with Crippen molar-refractivity contribution < 1.29 is 17.5 Å². The summed E-state index contributed by atoms with van der Waals surface area (Å²) in [6.07, 6.45) is 1.63. The average Bonchev–Trinajstić information content (AvgIpc) is 2.47. The molecular formula is C17H18O3Sr. The number of ether oxygens (including phenoxy) is 1. The van der Waals surface area contributed by atoms with Gasteiger partial charge in [0.2, 0.25) is 0 Å². The van der Waals surface area contributed by atoms with Gasteiger partial charge in [-0.15, -0.1) is 0 Å². The van der Waals surface area contributed by atoms with E-state index in [0.717, 1.165) is 16.9 Å². The molecule has 0 saturated heterocycles. The van der Waals surface area contributed by atoms with E-state index in [0.29, 0.717) is 12.2 Å². The minimum Gasteiger partial charge on any atom is -1.00 e. The van der Waals surface area contributed by atoms with Crippen LogP contribution in [-0.4, -0.2) is 56.6 Å². The average molecular weight is 358 g/mol. The van der Waals surface area contributed by atoms with Crippen LogP contribution in [0.5, 0.6) is 5.75 Å². The van der Waals surface area contributed by atoms with Crippen LogP contribution in [0.3, 0.4) is 0 Å². The van der Waals surface area contributed by atoms with E-state index in [1.807, 2.05) is 54.6 Å². The number of benzene rings is 2. The molecule has 0 saturated carbocycles. The molecular weight excluding hydrogens is 340 g/mol. The first-order valence-electron chi connectivity index (χ1n) is 6.33. The maximum absolute atomic E-state index is 10.7. The number of hydrogen-bond acceptors (Lipinski definition) is 2.